The molecular weight excluding hydrogens is 307 g/mol. The van der Waals surface area contributed by atoms with Gasteiger partial charge in [0.25, 0.3) is 0 Å². The monoisotopic (exact) mass is 327 g/mol. The average molecular weight is 327 g/mol. The van der Waals surface area contributed by atoms with Crippen LogP contribution in [0.25, 0.3) is 0 Å². The molecule has 1 atom stereocenters. The van der Waals surface area contributed by atoms with Crippen LogP contribution >= 0.6 is 0 Å². The lowest BCUT2D eigenvalue weighted by Crippen LogP contribution is -2.37. The zero-order valence-electron chi connectivity index (χ0n) is 12.8. The maximum Gasteiger partial charge on any atom is 0.416 e. The number of halogens is 3. The molecule has 1 heterocycles. The van der Waals surface area contributed by atoms with Crippen molar-refractivity contribution in [3.8, 4) is 0 Å². The van der Waals surface area contributed by atoms with Gasteiger partial charge in [0, 0.05) is 0 Å². The predicted molar refractivity (Wildman–Crippen MR) is 78.8 cm³/mol. The average Bonchev–Trinajstić information content (AvgIpc) is 3.09. The first-order valence-electron chi connectivity index (χ1n) is 7.96. The van der Waals surface area contributed by atoms with Crippen LogP contribution in [0.3, 0.4) is 0 Å². The second kappa shape index (κ2) is 6.15. The summed E-state index contributed by atoms with van der Waals surface area (Å²) in [6.07, 6.45) is 0.755. The Bertz CT molecular complexity index is 579. The predicted octanol–water partition coefficient (Wildman–Crippen LogP) is 3.47. The topological polar surface area (TPSA) is 38.3 Å². The summed E-state index contributed by atoms with van der Waals surface area (Å²) in [7, 11) is 0. The van der Waals surface area contributed by atoms with E-state index in [1.54, 1.807) is 6.07 Å². The molecule has 1 spiro atoms. The Labute approximate surface area is 133 Å². The van der Waals surface area contributed by atoms with Crippen molar-refractivity contribution in [3.05, 3.63) is 35.4 Å². The first-order chi connectivity index (χ1) is 10.9. The van der Waals surface area contributed by atoms with Gasteiger partial charge >= 0.3 is 6.18 Å². The van der Waals surface area contributed by atoms with Gasteiger partial charge in [-0.1, -0.05) is 31.0 Å². The van der Waals surface area contributed by atoms with Crippen molar-refractivity contribution in [3.63, 3.8) is 0 Å². The van der Waals surface area contributed by atoms with E-state index in [4.69, 9.17) is 4.74 Å². The van der Waals surface area contributed by atoms with E-state index in [2.05, 4.69) is 5.32 Å². The zero-order valence-corrected chi connectivity index (χ0v) is 12.8. The van der Waals surface area contributed by atoms with E-state index in [1.807, 2.05) is 0 Å². The molecule has 0 bridgehead atoms. The third kappa shape index (κ3) is 3.86. The third-order valence-electron chi connectivity index (χ3n) is 4.71. The summed E-state index contributed by atoms with van der Waals surface area (Å²) in [4.78, 5) is 12.1. The second-order valence-electron chi connectivity index (χ2n) is 6.54. The van der Waals surface area contributed by atoms with E-state index in [1.165, 1.54) is 6.07 Å². The minimum absolute atomic E-state index is 0.0357. The van der Waals surface area contributed by atoms with E-state index in [0.29, 0.717) is 12.2 Å². The van der Waals surface area contributed by atoms with Gasteiger partial charge in [0.1, 0.15) is 0 Å². The van der Waals surface area contributed by atoms with Crippen molar-refractivity contribution in [2.75, 3.05) is 6.61 Å². The summed E-state index contributed by atoms with van der Waals surface area (Å²) in [5.74, 6) is -0.257. The van der Waals surface area contributed by atoms with Crippen molar-refractivity contribution in [2.24, 2.45) is 0 Å². The summed E-state index contributed by atoms with van der Waals surface area (Å²) in [6.45, 7) is 0.494. The Morgan fingerprint density at radius 1 is 1.30 bits per heavy atom. The Balaban J connectivity index is 1.56. The molecule has 1 saturated heterocycles. The van der Waals surface area contributed by atoms with Gasteiger partial charge in [-0.3, -0.25) is 4.79 Å². The molecule has 1 aromatic carbocycles. The first-order valence-corrected chi connectivity index (χ1v) is 7.96. The zero-order chi connectivity index (χ0) is 16.5. The van der Waals surface area contributed by atoms with Crippen molar-refractivity contribution in [2.45, 2.75) is 56.3 Å². The van der Waals surface area contributed by atoms with Gasteiger partial charge in [0.15, 0.2) is 0 Å². The maximum atomic E-state index is 12.7. The van der Waals surface area contributed by atoms with Crippen LogP contribution in [-0.2, 0) is 22.1 Å². The Morgan fingerprint density at radius 2 is 2.04 bits per heavy atom. The number of alkyl halides is 3. The highest BCUT2D eigenvalue weighted by molar-refractivity contribution is 5.79. The van der Waals surface area contributed by atoms with Crippen molar-refractivity contribution in [1.29, 1.82) is 0 Å². The summed E-state index contributed by atoms with van der Waals surface area (Å²) in [5, 5.41) is 2.89. The van der Waals surface area contributed by atoms with Crippen LogP contribution in [0, 0.1) is 0 Å². The third-order valence-corrected chi connectivity index (χ3v) is 4.71. The smallest absolute Gasteiger partial charge is 0.373 e. The normalized spacial score (nSPS) is 23.3. The van der Waals surface area contributed by atoms with Gasteiger partial charge in [0.2, 0.25) is 5.91 Å². The molecule has 0 radical (unpaired) electrons. The summed E-state index contributed by atoms with van der Waals surface area (Å²) in [6, 6.07) is 4.88. The van der Waals surface area contributed by atoms with Crippen LogP contribution in [0.15, 0.2) is 24.3 Å². The van der Waals surface area contributed by atoms with Crippen LogP contribution in [-0.4, -0.2) is 24.2 Å². The lowest BCUT2D eigenvalue weighted by molar-refractivity contribution is -0.137. The molecule has 0 unspecified atom stereocenters. The number of carbonyl (C=O) groups excluding carboxylic acids is 1. The second-order valence-corrected chi connectivity index (χ2v) is 6.54. The molecule has 0 aromatic heterocycles. The Hall–Kier alpha value is -1.56. The fourth-order valence-corrected chi connectivity index (χ4v) is 3.63. The molecule has 1 amide bonds. The SMILES string of the molecule is O=C(Cc1cccc(C(F)(F)F)c1)N[C@@H]1COC2(CCCC2)C1. The van der Waals surface area contributed by atoms with Crippen molar-refractivity contribution in [1.82, 2.24) is 5.32 Å². The highest BCUT2D eigenvalue weighted by atomic mass is 19.4. The van der Waals surface area contributed by atoms with E-state index in [0.717, 1.165) is 44.2 Å². The minimum atomic E-state index is -4.39. The van der Waals surface area contributed by atoms with Gasteiger partial charge in [-0.2, -0.15) is 13.2 Å². The molecular formula is C17H20F3NO2. The molecule has 1 saturated carbocycles. The van der Waals surface area contributed by atoms with E-state index < -0.39 is 11.7 Å². The Kier molecular flexibility index (Phi) is 4.36. The molecule has 126 valence electrons. The summed E-state index contributed by atoms with van der Waals surface area (Å²) in [5.41, 5.74) is -0.433. The summed E-state index contributed by atoms with van der Waals surface area (Å²) >= 11 is 0. The molecule has 23 heavy (non-hydrogen) atoms. The Morgan fingerprint density at radius 3 is 2.74 bits per heavy atom. The number of hydrogen-bond acceptors (Lipinski definition) is 2. The molecule has 2 fully saturated rings. The number of carbonyl (C=O) groups is 1. The number of benzene rings is 1. The highest BCUT2D eigenvalue weighted by Gasteiger charge is 2.42. The molecule has 3 rings (SSSR count). The van der Waals surface area contributed by atoms with Gasteiger partial charge < -0.3 is 10.1 Å². The molecule has 6 heteroatoms. The minimum Gasteiger partial charge on any atom is -0.373 e. The van der Waals surface area contributed by atoms with Crippen molar-refractivity contribution >= 4 is 5.91 Å². The quantitative estimate of drug-likeness (QED) is 0.923. The number of nitrogens with one attached hydrogen (secondary N) is 1. The molecule has 1 aliphatic carbocycles. The molecule has 1 aromatic rings. The van der Waals surface area contributed by atoms with Crippen LogP contribution in [0.2, 0.25) is 0 Å². The first kappa shape index (κ1) is 16.3. The van der Waals surface area contributed by atoms with Crippen molar-refractivity contribution < 1.29 is 22.7 Å². The molecule has 1 aliphatic heterocycles. The largest absolute Gasteiger partial charge is 0.416 e. The fourth-order valence-electron chi connectivity index (χ4n) is 3.63. The fraction of sp³-hybridized carbons (Fsp3) is 0.588. The number of ether oxygens (including phenoxy) is 1. The van der Waals surface area contributed by atoms with Gasteiger partial charge in [-0.15, -0.1) is 0 Å². The number of amides is 1. The van der Waals surface area contributed by atoms with E-state index >= 15 is 0 Å². The maximum absolute atomic E-state index is 12.7. The van der Waals surface area contributed by atoms with E-state index in [-0.39, 0.29) is 24.0 Å². The standard InChI is InChI=1S/C17H20F3NO2/c18-17(19,20)13-5-3-4-12(8-13)9-15(22)21-14-10-16(23-11-14)6-1-2-7-16/h3-5,8,14H,1-2,6-7,9-11H2,(H,21,22)/t14-/m0/s1. The van der Waals surface area contributed by atoms with E-state index in [9.17, 15) is 18.0 Å². The highest BCUT2D eigenvalue weighted by Crippen LogP contribution is 2.40. The van der Waals surface area contributed by atoms with Crippen LogP contribution in [0.1, 0.15) is 43.2 Å². The molecule has 1 N–H and O–H groups in total. The van der Waals surface area contributed by atoms with Gasteiger partial charge in [-0.25, -0.2) is 0 Å². The lowest BCUT2D eigenvalue weighted by atomic mass is 9.96. The van der Waals surface area contributed by atoms with Crippen LogP contribution in [0.5, 0.6) is 0 Å². The molecule has 2 aliphatic rings. The summed E-state index contributed by atoms with van der Waals surface area (Å²) < 4.78 is 43.9. The number of hydrogen-bond donors (Lipinski definition) is 1. The van der Waals surface area contributed by atoms with Crippen LogP contribution in [0.4, 0.5) is 13.2 Å². The van der Waals surface area contributed by atoms with Crippen LogP contribution < -0.4 is 5.32 Å². The number of rotatable bonds is 3. The van der Waals surface area contributed by atoms with Gasteiger partial charge in [0.05, 0.1) is 30.2 Å². The molecule has 3 nitrogen and oxygen atoms in total. The van der Waals surface area contributed by atoms with Gasteiger partial charge in [-0.05, 0) is 30.9 Å². The lowest BCUT2D eigenvalue weighted by Gasteiger charge is -2.21.